The van der Waals surface area contributed by atoms with Crippen molar-refractivity contribution < 1.29 is 27.1 Å². The molecule has 3 rings (SSSR count). The van der Waals surface area contributed by atoms with Crippen LogP contribution in [0.5, 0.6) is 0 Å². The number of cyclic esters (lactones) is 1. The van der Waals surface area contributed by atoms with E-state index in [-0.39, 0.29) is 16.9 Å². The van der Waals surface area contributed by atoms with Gasteiger partial charge >= 0.3 is 5.97 Å². The van der Waals surface area contributed by atoms with E-state index in [0.29, 0.717) is 16.7 Å². The SMILES string of the molecule is CC1OC(=O)C(c2cccc(F)c2)=C1c1ccc(CS(=O)O)cc1F. The molecule has 7 heteroatoms. The van der Waals surface area contributed by atoms with Crippen molar-refractivity contribution in [1.29, 1.82) is 0 Å². The fraction of sp³-hybridized carbons (Fsp3) is 0.167. The van der Waals surface area contributed by atoms with Gasteiger partial charge < -0.3 is 9.29 Å². The van der Waals surface area contributed by atoms with Gasteiger partial charge in [0.2, 0.25) is 0 Å². The molecule has 0 aliphatic carbocycles. The fourth-order valence-electron chi connectivity index (χ4n) is 2.87. The zero-order chi connectivity index (χ0) is 18.1. The zero-order valence-electron chi connectivity index (χ0n) is 13.2. The maximum Gasteiger partial charge on any atom is 0.339 e. The smallest absolute Gasteiger partial charge is 0.339 e. The quantitative estimate of drug-likeness (QED) is 0.666. The van der Waals surface area contributed by atoms with E-state index in [1.165, 1.54) is 30.3 Å². The standard InChI is InChI=1S/C18H14F2O4S/c1-10-16(14-6-5-11(7-15(14)20)9-25(22)23)17(18(21)24-10)12-3-2-4-13(19)8-12/h2-8,10H,9H2,1H3,(H,22,23). The molecule has 25 heavy (non-hydrogen) atoms. The Balaban J connectivity index is 2.14. The second kappa shape index (κ2) is 6.85. The second-order valence-electron chi connectivity index (χ2n) is 5.63. The summed E-state index contributed by atoms with van der Waals surface area (Å²) < 4.78 is 53.1. The van der Waals surface area contributed by atoms with Crippen LogP contribution in [0.15, 0.2) is 42.5 Å². The van der Waals surface area contributed by atoms with Gasteiger partial charge in [-0.05, 0) is 36.2 Å². The molecular weight excluding hydrogens is 350 g/mol. The first-order valence-corrected chi connectivity index (χ1v) is 8.71. The molecule has 0 saturated carbocycles. The summed E-state index contributed by atoms with van der Waals surface area (Å²) in [6.07, 6.45) is -0.696. The van der Waals surface area contributed by atoms with E-state index in [4.69, 9.17) is 9.29 Å². The molecule has 2 atom stereocenters. The fourth-order valence-corrected chi connectivity index (χ4v) is 3.34. The van der Waals surface area contributed by atoms with Gasteiger partial charge in [0.25, 0.3) is 0 Å². The van der Waals surface area contributed by atoms with E-state index in [1.807, 2.05) is 0 Å². The van der Waals surface area contributed by atoms with Gasteiger partial charge in [-0.15, -0.1) is 0 Å². The Morgan fingerprint density at radius 1 is 1.20 bits per heavy atom. The molecule has 0 saturated heterocycles. The highest BCUT2D eigenvalue weighted by Crippen LogP contribution is 2.38. The third kappa shape index (κ3) is 3.52. The molecule has 0 radical (unpaired) electrons. The molecule has 2 aromatic carbocycles. The summed E-state index contributed by atoms with van der Waals surface area (Å²) in [4.78, 5) is 12.2. The Bertz CT molecular complexity index is 908. The van der Waals surface area contributed by atoms with Crippen LogP contribution in [0.1, 0.15) is 23.6 Å². The van der Waals surface area contributed by atoms with Crippen molar-refractivity contribution in [2.24, 2.45) is 0 Å². The van der Waals surface area contributed by atoms with Gasteiger partial charge in [0.15, 0.2) is 11.1 Å². The maximum atomic E-state index is 14.6. The first-order valence-electron chi connectivity index (χ1n) is 7.44. The summed E-state index contributed by atoms with van der Waals surface area (Å²) in [5.74, 6) is -2.00. The molecule has 0 amide bonds. The van der Waals surface area contributed by atoms with Crippen molar-refractivity contribution in [2.45, 2.75) is 18.8 Å². The van der Waals surface area contributed by atoms with Crippen LogP contribution in [0.4, 0.5) is 8.78 Å². The van der Waals surface area contributed by atoms with Crippen molar-refractivity contribution in [1.82, 2.24) is 0 Å². The number of esters is 1. The van der Waals surface area contributed by atoms with Crippen molar-refractivity contribution >= 4 is 28.2 Å². The lowest BCUT2D eigenvalue weighted by molar-refractivity contribution is -0.136. The molecule has 2 aromatic rings. The number of rotatable bonds is 4. The Morgan fingerprint density at radius 2 is 1.96 bits per heavy atom. The molecule has 0 spiro atoms. The number of halogens is 2. The number of ether oxygens (including phenoxy) is 1. The molecule has 130 valence electrons. The molecule has 1 heterocycles. The Labute approximate surface area is 145 Å². The van der Waals surface area contributed by atoms with Crippen LogP contribution in [-0.2, 0) is 26.4 Å². The number of carbonyl (C=O) groups excluding carboxylic acids is 1. The van der Waals surface area contributed by atoms with Gasteiger partial charge in [0, 0.05) is 11.1 Å². The lowest BCUT2D eigenvalue weighted by atomic mass is 9.92. The molecule has 0 fully saturated rings. The van der Waals surface area contributed by atoms with Gasteiger partial charge in [0.05, 0.1) is 11.3 Å². The molecule has 2 unspecified atom stereocenters. The van der Waals surface area contributed by atoms with Crippen LogP contribution in [0, 0.1) is 11.6 Å². The first-order chi connectivity index (χ1) is 11.9. The van der Waals surface area contributed by atoms with Gasteiger partial charge in [-0.2, -0.15) is 0 Å². The lowest BCUT2D eigenvalue weighted by Gasteiger charge is -2.11. The van der Waals surface area contributed by atoms with Crippen molar-refractivity contribution in [3.8, 4) is 0 Å². The number of benzene rings is 2. The maximum absolute atomic E-state index is 14.6. The normalized spacial score (nSPS) is 18.4. The third-order valence-corrected chi connectivity index (χ3v) is 4.47. The molecular formula is C18H14F2O4S. The average Bonchev–Trinajstić information content (AvgIpc) is 2.81. The van der Waals surface area contributed by atoms with E-state index >= 15 is 0 Å². The third-order valence-electron chi connectivity index (χ3n) is 3.89. The number of hydrogen-bond acceptors (Lipinski definition) is 3. The topological polar surface area (TPSA) is 63.6 Å². The van der Waals surface area contributed by atoms with Crippen LogP contribution in [0.25, 0.3) is 11.1 Å². The zero-order valence-corrected chi connectivity index (χ0v) is 14.0. The van der Waals surface area contributed by atoms with E-state index in [2.05, 4.69) is 0 Å². The molecule has 4 nitrogen and oxygen atoms in total. The van der Waals surface area contributed by atoms with Gasteiger partial charge in [0.1, 0.15) is 17.7 Å². The first kappa shape index (κ1) is 17.4. The van der Waals surface area contributed by atoms with Crippen molar-refractivity contribution in [2.75, 3.05) is 0 Å². The predicted octanol–water partition coefficient (Wildman–Crippen LogP) is 3.54. The van der Waals surface area contributed by atoms with E-state index in [0.717, 1.165) is 6.07 Å². The minimum absolute atomic E-state index is 0.115. The van der Waals surface area contributed by atoms with Crippen LogP contribution in [0.3, 0.4) is 0 Å². The summed E-state index contributed by atoms with van der Waals surface area (Å²) >= 11 is -2.08. The van der Waals surface area contributed by atoms with Crippen LogP contribution in [-0.4, -0.2) is 20.8 Å². The minimum Gasteiger partial charge on any atom is -0.454 e. The van der Waals surface area contributed by atoms with Crippen molar-refractivity contribution in [3.05, 3.63) is 70.8 Å². The molecule has 1 N–H and O–H groups in total. The number of hydrogen-bond donors (Lipinski definition) is 1. The van der Waals surface area contributed by atoms with E-state index in [1.54, 1.807) is 13.0 Å². The molecule has 0 aromatic heterocycles. The Hall–Kier alpha value is -2.38. The van der Waals surface area contributed by atoms with E-state index < -0.39 is 34.8 Å². The summed E-state index contributed by atoms with van der Waals surface area (Å²) in [5.41, 5.74) is 1.25. The largest absolute Gasteiger partial charge is 0.454 e. The average molecular weight is 364 g/mol. The highest BCUT2D eigenvalue weighted by atomic mass is 32.2. The van der Waals surface area contributed by atoms with Gasteiger partial charge in [-0.25, -0.2) is 17.8 Å². The van der Waals surface area contributed by atoms with Gasteiger partial charge in [-0.1, -0.05) is 24.3 Å². The minimum atomic E-state index is -2.08. The molecule has 1 aliphatic rings. The summed E-state index contributed by atoms with van der Waals surface area (Å²) in [5, 5.41) is 0. The monoisotopic (exact) mass is 364 g/mol. The highest BCUT2D eigenvalue weighted by Gasteiger charge is 2.34. The molecule has 1 aliphatic heterocycles. The van der Waals surface area contributed by atoms with Crippen LogP contribution in [0.2, 0.25) is 0 Å². The lowest BCUT2D eigenvalue weighted by Crippen LogP contribution is -2.06. The predicted molar refractivity (Wildman–Crippen MR) is 89.6 cm³/mol. The number of carbonyl (C=O) groups is 1. The Morgan fingerprint density at radius 3 is 2.60 bits per heavy atom. The van der Waals surface area contributed by atoms with E-state index in [9.17, 15) is 17.8 Å². The van der Waals surface area contributed by atoms with Crippen LogP contribution < -0.4 is 0 Å². The summed E-state index contributed by atoms with van der Waals surface area (Å²) in [6.45, 7) is 1.61. The highest BCUT2D eigenvalue weighted by molar-refractivity contribution is 7.78. The molecule has 0 bridgehead atoms. The van der Waals surface area contributed by atoms with Crippen LogP contribution >= 0.6 is 0 Å². The summed E-state index contributed by atoms with van der Waals surface area (Å²) in [7, 11) is 0. The second-order valence-corrected chi connectivity index (χ2v) is 6.56. The summed E-state index contributed by atoms with van der Waals surface area (Å²) in [6, 6.07) is 9.55. The van der Waals surface area contributed by atoms with Crippen molar-refractivity contribution in [3.63, 3.8) is 0 Å². The Kier molecular flexibility index (Phi) is 4.78. The van der Waals surface area contributed by atoms with Gasteiger partial charge in [-0.3, -0.25) is 0 Å².